The molecule has 0 saturated carbocycles. The van der Waals surface area contributed by atoms with Crippen molar-refractivity contribution < 1.29 is 13.6 Å². The van der Waals surface area contributed by atoms with E-state index in [0.29, 0.717) is 17.8 Å². The Kier molecular flexibility index (Phi) is 4.08. The van der Waals surface area contributed by atoms with Gasteiger partial charge in [-0.15, -0.1) is 0 Å². The van der Waals surface area contributed by atoms with Gasteiger partial charge in [0.05, 0.1) is 16.9 Å². The number of anilines is 1. The van der Waals surface area contributed by atoms with Gasteiger partial charge in [0.2, 0.25) is 0 Å². The van der Waals surface area contributed by atoms with Crippen LogP contribution in [0.15, 0.2) is 66.9 Å². The summed E-state index contributed by atoms with van der Waals surface area (Å²) < 4.78 is 27.3. The first-order chi connectivity index (χ1) is 12.6. The third-order valence-corrected chi connectivity index (χ3v) is 4.32. The van der Waals surface area contributed by atoms with Gasteiger partial charge < -0.3 is 10.2 Å². The number of aromatic nitrogens is 1. The quantitative estimate of drug-likeness (QED) is 0.769. The molecular formula is C20H15F2N3O. The molecule has 1 atom stereocenters. The molecule has 26 heavy (non-hydrogen) atoms. The lowest BCUT2D eigenvalue weighted by Crippen LogP contribution is -2.32. The summed E-state index contributed by atoms with van der Waals surface area (Å²) in [5.41, 5.74) is 2.06. The monoisotopic (exact) mass is 351 g/mol. The Labute approximate surface area is 149 Å². The van der Waals surface area contributed by atoms with Gasteiger partial charge in [-0.2, -0.15) is 0 Å². The van der Waals surface area contributed by atoms with Crippen LogP contribution in [-0.2, 0) is 6.54 Å². The van der Waals surface area contributed by atoms with E-state index in [1.54, 1.807) is 23.2 Å². The average molecular weight is 351 g/mol. The molecule has 2 aromatic carbocycles. The zero-order valence-corrected chi connectivity index (χ0v) is 13.7. The largest absolute Gasteiger partial charge is 0.358 e. The van der Waals surface area contributed by atoms with Crippen molar-refractivity contribution in [3.8, 4) is 0 Å². The van der Waals surface area contributed by atoms with Crippen LogP contribution in [0.5, 0.6) is 0 Å². The normalized spacial score (nSPS) is 15.8. The van der Waals surface area contributed by atoms with Crippen LogP contribution < -0.4 is 5.32 Å². The second-order valence-corrected chi connectivity index (χ2v) is 6.03. The fraction of sp³-hybridized carbons (Fsp3) is 0.100. The van der Waals surface area contributed by atoms with Gasteiger partial charge in [-0.25, -0.2) is 8.78 Å². The first kappa shape index (κ1) is 16.2. The molecule has 0 aliphatic carbocycles. The SMILES string of the molecule is O=C1c2cccnc2C(Nc2ccc(F)cc2F)N1Cc1ccccc1. The van der Waals surface area contributed by atoms with Gasteiger partial charge >= 0.3 is 0 Å². The Morgan fingerprint density at radius 1 is 1.04 bits per heavy atom. The predicted octanol–water partition coefficient (Wildman–Crippen LogP) is 4.13. The minimum atomic E-state index is -0.721. The topological polar surface area (TPSA) is 45.2 Å². The number of fused-ring (bicyclic) bond motifs is 1. The Morgan fingerprint density at radius 3 is 2.62 bits per heavy atom. The van der Waals surface area contributed by atoms with Crippen molar-refractivity contribution in [1.29, 1.82) is 0 Å². The molecule has 0 spiro atoms. The van der Waals surface area contributed by atoms with Crippen LogP contribution in [0.25, 0.3) is 0 Å². The van der Waals surface area contributed by atoms with E-state index in [0.717, 1.165) is 11.6 Å². The zero-order chi connectivity index (χ0) is 18.1. The van der Waals surface area contributed by atoms with Crippen LogP contribution >= 0.6 is 0 Å². The van der Waals surface area contributed by atoms with Crippen LogP contribution in [0, 0.1) is 11.6 Å². The molecule has 4 nitrogen and oxygen atoms in total. The van der Waals surface area contributed by atoms with E-state index in [2.05, 4.69) is 10.3 Å². The van der Waals surface area contributed by atoms with Crippen LogP contribution in [-0.4, -0.2) is 15.8 Å². The summed E-state index contributed by atoms with van der Waals surface area (Å²) in [6.07, 6.45) is 0.951. The van der Waals surface area contributed by atoms with Crippen LogP contribution in [0.2, 0.25) is 0 Å². The van der Waals surface area contributed by atoms with E-state index < -0.39 is 17.8 Å². The van der Waals surface area contributed by atoms with Gasteiger partial charge in [0.15, 0.2) is 0 Å². The maximum atomic E-state index is 14.1. The lowest BCUT2D eigenvalue weighted by molar-refractivity contribution is 0.0727. The minimum absolute atomic E-state index is 0.112. The van der Waals surface area contributed by atoms with Gasteiger partial charge in [-0.3, -0.25) is 9.78 Å². The van der Waals surface area contributed by atoms with E-state index in [9.17, 15) is 13.6 Å². The van der Waals surface area contributed by atoms with Gasteiger partial charge in [-0.1, -0.05) is 30.3 Å². The van der Waals surface area contributed by atoms with E-state index >= 15 is 0 Å². The van der Waals surface area contributed by atoms with Crippen molar-refractivity contribution in [2.24, 2.45) is 0 Å². The Hall–Kier alpha value is -3.28. The fourth-order valence-electron chi connectivity index (χ4n) is 3.08. The van der Waals surface area contributed by atoms with Crippen molar-refractivity contribution in [3.63, 3.8) is 0 Å². The number of hydrogen-bond donors (Lipinski definition) is 1. The van der Waals surface area contributed by atoms with Crippen molar-refractivity contribution in [3.05, 3.63) is 95.3 Å². The molecule has 130 valence electrons. The minimum Gasteiger partial charge on any atom is -0.358 e. The smallest absolute Gasteiger partial charge is 0.258 e. The lowest BCUT2D eigenvalue weighted by atomic mass is 10.2. The number of nitrogens with one attached hydrogen (secondary N) is 1. The number of pyridine rings is 1. The first-order valence-corrected chi connectivity index (χ1v) is 8.15. The van der Waals surface area contributed by atoms with Gasteiger partial charge in [-0.05, 0) is 29.8 Å². The standard InChI is InChI=1S/C20H15F2N3O/c21-14-8-9-17(16(22)11-14)24-19-18-15(7-4-10-23-18)20(26)25(19)12-13-5-2-1-3-6-13/h1-11,19,24H,12H2. The predicted molar refractivity (Wildman–Crippen MR) is 93.3 cm³/mol. The number of amides is 1. The summed E-state index contributed by atoms with van der Waals surface area (Å²) in [5.74, 6) is -1.56. The molecule has 0 bridgehead atoms. The highest BCUT2D eigenvalue weighted by Gasteiger charge is 2.38. The summed E-state index contributed by atoms with van der Waals surface area (Å²) in [7, 11) is 0. The molecule has 0 fully saturated rings. The molecule has 6 heteroatoms. The van der Waals surface area contributed by atoms with Gasteiger partial charge in [0, 0.05) is 18.8 Å². The molecule has 1 aliphatic rings. The molecule has 1 unspecified atom stereocenters. The third kappa shape index (κ3) is 2.90. The number of nitrogens with zero attached hydrogens (tertiary/aromatic N) is 2. The molecule has 1 amide bonds. The van der Waals surface area contributed by atoms with E-state index in [-0.39, 0.29) is 11.6 Å². The molecule has 0 radical (unpaired) electrons. The van der Waals surface area contributed by atoms with Crippen LogP contribution in [0.3, 0.4) is 0 Å². The van der Waals surface area contributed by atoms with Crippen LogP contribution in [0.4, 0.5) is 14.5 Å². The highest BCUT2D eigenvalue weighted by Crippen LogP contribution is 2.34. The Balaban J connectivity index is 1.71. The molecule has 1 N–H and O–H groups in total. The second-order valence-electron chi connectivity index (χ2n) is 6.03. The second kappa shape index (κ2) is 6.55. The molecule has 3 aromatic rings. The van der Waals surface area contributed by atoms with Crippen molar-refractivity contribution in [1.82, 2.24) is 9.88 Å². The lowest BCUT2D eigenvalue weighted by Gasteiger charge is -2.26. The van der Waals surface area contributed by atoms with Crippen molar-refractivity contribution in [2.75, 3.05) is 5.32 Å². The maximum Gasteiger partial charge on any atom is 0.258 e. The first-order valence-electron chi connectivity index (χ1n) is 8.15. The summed E-state index contributed by atoms with van der Waals surface area (Å²) >= 11 is 0. The number of carbonyl (C=O) groups excluding carboxylic acids is 1. The number of hydrogen-bond acceptors (Lipinski definition) is 3. The van der Waals surface area contributed by atoms with Crippen molar-refractivity contribution in [2.45, 2.75) is 12.7 Å². The number of halogens is 2. The third-order valence-electron chi connectivity index (χ3n) is 4.32. The summed E-state index contributed by atoms with van der Waals surface area (Å²) in [4.78, 5) is 18.7. The maximum absolute atomic E-state index is 14.1. The number of carbonyl (C=O) groups is 1. The molecule has 2 heterocycles. The molecule has 1 aromatic heterocycles. The highest BCUT2D eigenvalue weighted by atomic mass is 19.1. The Morgan fingerprint density at radius 2 is 1.85 bits per heavy atom. The highest BCUT2D eigenvalue weighted by molar-refractivity contribution is 5.98. The number of rotatable bonds is 4. The van der Waals surface area contributed by atoms with E-state index in [1.165, 1.54) is 12.1 Å². The summed E-state index contributed by atoms with van der Waals surface area (Å²) in [6, 6.07) is 16.2. The van der Waals surface area contributed by atoms with Gasteiger partial charge in [0.1, 0.15) is 17.8 Å². The molecule has 1 aliphatic heterocycles. The van der Waals surface area contributed by atoms with Crippen molar-refractivity contribution >= 4 is 11.6 Å². The molecule has 0 saturated heterocycles. The Bertz CT molecular complexity index is 962. The fourth-order valence-corrected chi connectivity index (χ4v) is 3.08. The zero-order valence-electron chi connectivity index (χ0n) is 13.7. The molecular weight excluding hydrogens is 336 g/mol. The van der Waals surface area contributed by atoms with E-state index in [1.807, 2.05) is 30.3 Å². The van der Waals surface area contributed by atoms with E-state index in [4.69, 9.17) is 0 Å². The molecule has 4 rings (SSSR count). The van der Waals surface area contributed by atoms with Crippen LogP contribution in [0.1, 0.15) is 27.8 Å². The summed E-state index contributed by atoms with van der Waals surface area (Å²) in [6.45, 7) is 0.344. The summed E-state index contributed by atoms with van der Waals surface area (Å²) in [5, 5.41) is 2.99. The van der Waals surface area contributed by atoms with Gasteiger partial charge in [0.25, 0.3) is 5.91 Å². The number of benzene rings is 2. The average Bonchev–Trinajstić information content (AvgIpc) is 2.91.